The van der Waals surface area contributed by atoms with Crippen LogP contribution in [-0.2, 0) is 9.53 Å². The molecule has 1 aromatic heterocycles. The van der Waals surface area contributed by atoms with Crippen molar-refractivity contribution in [1.29, 1.82) is 0 Å². The number of nitrogens with zero attached hydrogens (tertiary/aromatic N) is 2. The highest BCUT2D eigenvalue weighted by Gasteiger charge is 2.35. The first-order chi connectivity index (χ1) is 11.0. The SMILES string of the molecule is CCC(C)(C)CC(C)(C)C(=O)OCCNC(=O)n1nc(C)cc1C. The van der Waals surface area contributed by atoms with E-state index in [2.05, 4.69) is 31.2 Å². The maximum atomic E-state index is 12.3. The fourth-order valence-corrected chi connectivity index (χ4v) is 2.80. The highest BCUT2D eigenvalue weighted by molar-refractivity contribution is 5.77. The van der Waals surface area contributed by atoms with Gasteiger partial charge in [-0.05, 0) is 45.6 Å². The first-order valence-corrected chi connectivity index (χ1v) is 8.47. The number of amides is 1. The van der Waals surface area contributed by atoms with E-state index in [-0.39, 0.29) is 30.6 Å². The van der Waals surface area contributed by atoms with E-state index in [0.29, 0.717) is 0 Å². The van der Waals surface area contributed by atoms with E-state index in [1.165, 1.54) is 4.68 Å². The number of hydrogen-bond donors (Lipinski definition) is 1. The first kappa shape index (κ1) is 20.2. The average Bonchev–Trinajstić information content (AvgIpc) is 2.80. The lowest BCUT2D eigenvalue weighted by Crippen LogP contribution is -2.36. The number of nitrogens with one attached hydrogen (secondary N) is 1. The van der Waals surface area contributed by atoms with Crippen LogP contribution < -0.4 is 5.32 Å². The maximum Gasteiger partial charge on any atom is 0.342 e. The lowest BCUT2D eigenvalue weighted by molar-refractivity contribution is -0.155. The lowest BCUT2D eigenvalue weighted by atomic mass is 9.74. The number of hydrogen-bond acceptors (Lipinski definition) is 4. The molecular weight excluding hydrogens is 306 g/mol. The van der Waals surface area contributed by atoms with E-state index in [9.17, 15) is 9.59 Å². The molecule has 1 amide bonds. The Balaban J connectivity index is 2.43. The van der Waals surface area contributed by atoms with E-state index in [4.69, 9.17) is 4.74 Å². The van der Waals surface area contributed by atoms with Gasteiger partial charge < -0.3 is 10.1 Å². The number of aryl methyl sites for hydroxylation is 2. The fourth-order valence-electron chi connectivity index (χ4n) is 2.80. The quantitative estimate of drug-likeness (QED) is 0.611. The van der Waals surface area contributed by atoms with Crippen molar-refractivity contribution in [3.8, 4) is 0 Å². The molecule has 0 aromatic carbocycles. The second kappa shape index (κ2) is 7.81. The highest BCUT2D eigenvalue weighted by atomic mass is 16.5. The monoisotopic (exact) mass is 337 g/mol. The maximum absolute atomic E-state index is 12.3. The molecule has 6 nitrogen and oxygen atoms in total. The molecule has 1 heterocycles. The number of ether oxygens (including phenoxy) is 1. The van der Waals surface area contributed by atoms with Crippen LogP contribution in [0.25, 0.3) is 0 Å². The zero-order chi connectivity index (χ0) is 18.5. The molecule has 0 aliphatic rings. The van der Waals surface area contributed by atoms with Gasteiger partial charge in [0, 0.05) is 5.69 Å². The van der Waals surface area contributed by atoms with Gasteiger partial charge in [0.05, 0.1) is 17.7 Å². The van der Waals surface area contributed by atoms with Gasteiger partial charge in [-0.3, -0.25) is 4.79 Å². The molecule has 6 heteroatoms. The Morgan fingerprint density at radius 1 is 1.25 bits per heavy atom. The standard InChI is InChI=1S/C18H31N3O3/c1-8-17(4,5)12-18(6,7)15(22)24-10-9-19-16(23)21-14(3)11-13(2)20-21/h11H,8-10,12H2,1-7H3,(H,19,23). The Kier molecular flexibility index (Phi) is 6.58. The predicted octanol–water partition coefficient (Wildman–Crippen LogP) is 3.45. The molecule has 0 bridgehead atoms. The van der Waals surface area contributed by atoms with Crippen molar-refractivity contribution in [3.63, 3.8) is 0 Å². The zero-order valence-electron chi connectivity index (χ0n) is 16.0. The molecule has 136 valence electrons. The Hall–Kier alpha value is -1.85. The van der Waals surface area contributed by atoms with Crippen LogP contribution in [0.5, 0.6) is 0 Å². The van der Waals surface area contributed by atoms with Crippen molar-refractivity contribution in [1.82, 2.24) is 15.1 Å². The van der Waals surface area contributed by atoms with Crippen LogP contribution in [0.2, 0.25) is 0 Å². The van der Waals surface area contributed by atoms with Crippen molar-refractivity contribution in [3.05, 3.63) is 17.5 Å². The molecule has 0 saturated carbocycles. The van der Waals surface area contributed by atoms with Crippen LogP contribution in [0.1, 0.15) is 58.8 Å². The van der Waals surface area contributed by atoms with Gasteiger partial charge in [0.25, 0.3) is 0 Å². The molecule has 0 aliphatic heterocycles. The second-order valence-electron chi connectivity index (χ2n) is 7.79. The third-order valence-electron chi connectivity index (χ3n) is 4.24. The predicted molar refractivity (Wildman–Crippen MR) is 93.9 cm³/mol. The van der Waals surface area contributed by atoms with Crippen LogP contribution in [0.15, 0.2) is 6.07 Å². The van der Waals surface area contributed by atoms with Crippen LogP contribution in [0.4, 0.5) is 4.79 Å². The number of carbonyl (C=O) groups excluding carboxylic acids is 2. The van der Waals surface area contributed by atoms with E-state index in [1.54, 1.807) is 0 Å². The van der Waals surface area contributed by atoms with Gasteiger partial charge in [0.15, 0.2) is 0 Å². The minimum absolute atomic E-state index is 0.0895. The number of carbonyl (C=O) groups is 2. The molecule has 0 radical (unpaired) electrons. The topological polar surface area (TPSA) is 73.2 Å². The number of aromatic nitrogens is 2. The van der Waals surface area contributed by atoms with Gasteiger partial charge in [0.2, 0.25) is 0 Å². The minimum atomic E-state index is -0.542. The van der Waals surface area contributed by atoms with E-state index >= 15 is 0 Å². The molecule has 0 fully saturated rings. The summed E-state index contributed by atoms with van der Waals surface area (Å²) in [6.45, 7) is 14.3. The minimum Gasteiger partial charge on any atom is -0.463 e. The van der Waals surface area contributed by atoms with Crippen molar-refractivity contribution in [2.75, 3.05) is 13.2 Å². The first-order valence-electron chi connectivity index (χ1n) is 8.47. The Bertz CT molecular complexity index is 588. The summed E-state index contributed by atoms with van der Waals surface area (Å²) >= 11 is 0. The van der Waals surface area contributed by atoms with Gasteiger partial charge in [-0.1, -0.05) is 27.2 Å². The molecular formula is C18H31N3O3. The van der Waals surface area contributed by atoms with Crippen LogP contribution in [0.3, 0.4) is 0 Å². The van der Waals surface area contributed by atoms with E-state index in [1.807, 2.05) is 33.8 Å². The third-order valence-corrected chi connectivity index (χ3v) is 4.24. The van der Waals surface area contributed by atoms with Crippen molar-refractivity contribution in [2.45, 2.75) is 61.3 Å². The van der Waals surface area contributed by atoms with Gasteiger partial charge in [0.1, 0.15) is 6.61 Å². The summed E-state index contributed by atoms with van der Waals surface area (Å²) in [7, 11) is 0. The summed E-state index contributed by atoms with van der Waals surface area (Å²) in [6.07, 6.45) is 1.76. The van der Waals surface area contributed by atoms with Gasteiger partial charge >= 0.3 is 12.0 Å². The van der Waals surface area contributed by atoms with Crippen molar-refractivity contribution in [2.24, 2.45) is 10.8 Å². The molecule has 24 heavy (non-hydrogen) atoms. The second-order valence-corrected chi connectivity index (χ2v) is 7.79. The molecule has 0 atom stereocenters. The summed E-state index contributed by atoms with van der Waals surface area (Å²) < 4.78 is 6.65. The van der Waals surface area contributed by atoms with E-state index in [0.717, 1.165) is 24.2 Å². The Labute approximate surface area is 144 Å². The van der Waals surface area contributed by atoms with Crippen LogP contribution >= 0.6 is 0 Å². The zero-order valence-corrected chi connectivity index (χ0v) is 16.0. The lowest BCUT2D eigenvalue weighted by Gasteiger charge is -2.32. The molecule has 1 aromatic rings. The smallest absolute Gasteiger partial charge is 0.342 e. The number of rotatable bonds is 7. The average molecular weight is 337 g/mol. The summed E-state index contributed by atoms with van der Waals surface area (Å²) in [5, 5.41) is 6.81. The van der Waals surface area contributed by atoms with Crippen molar-refractivity contribution < 1.29 is 14.3 Å². The summed E-state index contributed by atoms with van der Waals surface area (Å²) in [4.78, 5) is 24.3. The molecule has 1 rings (SSSR count). The van der Waals surface area contributed by atoms with Crippen LogP contribution in [-0.4, -0.2) is 34.9 Å². The molecule has 1 N–H and O–H groups in total. The summed E-state index contributed by atoms with van der Waals surface area (Å²) in [5.74, 6) is -0.232. The molecule has 0 unspecified atom stereocenters. The summed E-state index contributed by atoms with van der Waals surface area (Å²) in [6, 6.07) is 1.51. The van der Waals surface area contributed by atoms with Gasteiger partial charge in [-0.2, -0.15) is 9.78 Å². The normalized spacial score (nSPS) is 12.1. The largest absolute Gasteiger partial charge is 0.463 e. The molecule has 0 aliphatic carbocycles. The van der Waals surface area contributed by atoms with Crippen molar-refractivity contribution >= 4 is 12.0 Å². The number of esters is 1. The molecule has 0 saturated heterocycles. The summed E-state index contributed by atoms with van der Waals surface area (Å²) in [5.41, 5.74) is 1.10. The highest BCUT2D eigenvalue weighted by Crippen LogP contribution is 2.36. The Morgan fingerprint density at radius 2 is 1.88 bits per heavy atom. The van der Waals surface area contributed by atoms with Gasteiger partial charge in [-0.25, -0.2) is 4.79 Å². The molecule has 0 spiro atoms. The van der Waals surface area contributed by atoms with E-state index < -0.39 is 5.41 Å². The fraction of sp³-hybridized carbons (Fsp3) is 0.722. The van der Waals surface area contributed by atoms with Gasteiger partial charge in [-0.15, -0.1) is 0 Å². The Morgan fingerprint density at radius 3 is 2.38 bits per heavy atom. The van der Waals surface area contributed by atoms with Crippen LogP contribution in [0, 0.1) is 24.7 Å². The third kappa shape index (κ3) is 5.65.